The highest BCUT2D eigenvalue weighted by atomic mass is 35.5. The first-order valence-electron chi connectivity index (χ1n) is 9.50. The van der Waals surface area contributed by atoms with Gasteiger partial charge in [-0.1, -0.05) is 41.9 Å². The van der Waals surface area contributed by atoms with Crippen molar-refractivity contribution >= 4 is 34.8 Å². The standard InChI is InChI=1S/C22H19ClFN3O2S/c1-14-19(30-20(25-14)15-5-3-2-4-6-15)22(29)27-11-9-26(10-12-27)21(28)17-8-7-16(24)13-18(17)23/h2-8,13H,9-12H2,1H3. The van der Waals surface area contributed by atoms with Crippen molar-refractivity contribution in [2.75, 3.05) is 26.2 Å². The molecule has 1 aliphatic heterocycles. The van der Waals surface area contributed by atoms with E-state index in [0.29, 0.717) is 36.8 Å². The molecule has 0 spiro atoms. The molecule has 1 saturated heterocycles. The lowest BCUT2D eigenvalue weighted by atomic mass is 10.1. The van der Waals surface area contributed by atoms with E-state index in [1.807, 2.05) is 37.3 Å². The molecule has 0 unspecified atom stereocenters. The Morgan fingerprint density at radius 2 is 1.63 bits per heavy atom. The Balaban J connectivity index is 1.44. The first-order chi connectivity index (χ1) is 14.4. The van der Waals surface area contributed by atoms with Crippen LogP contribution in [0.4, 0.5) is 4.39 Å². The Bertz CT molecular complexity index is 1100. The van der Waals surface area contributed by atoms with Crippen LogP contribution in [0.15, 0.2) is 48.5 Å². The summed E-state index contributed by atoms with van der Waals surface area (Å²) in [5.41, 5.74) is 1.96. The third kappa shape index (κ3) is 4.08. The zero-order valence-corrected chi connectivity index (χ0v) is 17.8. The average molecular weight is 444 g/mol. The molecule has 154 valence electrons. The lowest BCUT2D eigenvalue weighted by Gasteiger charge is -2.34. The molecule has 1 aliphatic rings. The van der Waals surface area contributed by atoms with Crippen molar-refractivity contribution < 1.29 is 14.0 Å². The third-order valence-electron chi connectivity index (χ3n) is 5.03. The second-order valence-electron chi connectivity index (χ2n) is 7.01. The van der Waals surface area contributed by atoms with Crippen molar-refractivity contribution in [3.8, 4) is 10.6 Å². The second kappa shape index (κ2) is 8.53. The zero-order valence-electron chi connectivity index (χ0n) is 16.3. The monoisotopic (exact) mass is 443 g/mol. The zero-order chi connectivity index (χ0) is 21.3. The Kier molecular flexibility index (Phi) is 5.83. The molecular weight excluding hydrogens is 425 g/mol. The molecule has 5 nitrogen and oxygen atoms in total. The van der Waals surface area contributed by atoms with Gasteiger partial charge >= 0.3 is 0 Å². The Morgan fingerprint density at radius 3 is 2.27 bits per heavy atom. The van der Waals surface area contributed by atoms with Crippen LogP contribution < -0.4 is 0 Å². The van der Waals surface area contributed by atoms with E-state index in [1.54, 1.807) is 9.80 Å². The van der Waals surface area contributed by atoms with Crippen molar-refractivity contribution in [1.82, 2.24) is 14.8 Å². The van der Waals surface area contributed by atoms with Crippen LogP contribution >= 0.6 is 22.9 Å². The molecule has 0 aliphatic carbocycles. The number of aromatic nitrogens is 1. The number of hydrogen-bond acceptors (Lipinski definition) is 4. The van der Waals surface area contributed by atoms with E-state index >= 15 is 0 Å². The minimum absolute atomic E-state index is 0.0703. The summed E-state index contributed by atoms with van der Waals surface area (Å²) in [5.74, 6) is -0.812. The number of aryl methyl sites for hydroxylation is 1. The number of benzene rings is 2. The molecular formula is C22H19ClFN3O2S. The topological polar surface area (TPSA) is 53.5 Å². The average Bonchev–Trinajstić information content (AvgIpc) is 3.15. The van der Waals surface area contributed by atoms with E-state index in [1.165, 1.54) is 23.5 Å². The van der Waals surface area contributed by atoms with Crippen LogP contribution in [0.5, 0.6) is 0 Å². The first kappa shape index (κ1) is 20.5. The number of carbonyl (C=O) groups excluding carboxylic acids is 2. The van der Waals surface area contributed by atoms with Crippen molar-refractivity contribution in [1.29, 1.82) is 0 Å². The minimum Gasteiger partial charge on any atom is -0.335 e. The fourth-order valence-electron chi connectivity index (χ4n) is 3.39. The number of nitrogens with zero attached hydrogens (tertiary/aromatic N) is 3. The Hall–Kier alpha value is -2.77. The number of hydrogen-bond donors (Lipinski definition) is 0. The predicted molar refractivity (Wildman–Crippen MR) is 116 cm³/mol. The summed E-state index contributed by atoms with van der Waals surface area (Å²) in [4.78, 5) is 34.3. The molecule has 2 aromatic carbocycles. The van der Waals surface area contributed by atoms with E-state index in [0.717, 1.165) is 16.6 Å². The molecule has 0 N–H and O–H groups in total. The van der Waals surface area contributed by atoms with E-state index in [9.17, 15) is 14.0 Å². The normalized spacial score (nSPS) is 14.1. The van der Waals surface area contributed by atoms with Crippen LogP contribution in [0.3, 0.4) is 0 Å². The van der Waals surface area contributed by atoms with Gasteiger partial charge in [-0.05, 0) is 25.1 Å². The number of halogens is 2. The molecule has 2 amide bonds. The van der Waals surface area contributed by atoms with Gasteiger partial charge in [-0.25, -0.2) is 9.37 Å². The molecule has 3 aromatic rings. The number of rotatable bonds is 3. The van der Waals surface area contributed by atoms with Crippen molar-refractivity contribution in [2.24, 2.45) is 0 Å². The molecule has 8 heteroatoms. The molecule has 4 rings (SSSR count). The number of piperazine rings is 1. The van der Waals surface area contributed by atoms with Gasteiger partial charge in [0.25, 0.3) is 11.8 Å². The number of thiazole rings is 1. The first-order valence-corrected chi connectivity index (χ1v) is 10.7. The summed E-state index contributed by atoms with van der Waals surface area (Å²) in [6, 6.07) is 13.5. The number of carbonyl (C=O) groups is 2. The number of amides is 2. The maximum Gasteiger partial charge on any atom is 0.265 e. The van der Waals surface area contributed by atoms with Crippen molar-refractivity contribution in [3.05, 3.63) is 75.5 Å². The maximum absolute atomic E-state index is 13.2. The van der Waals surface area contributed by atoms with Gasteiger partial charge in [0.05, 0.1) is 16.3 Å². The molecule has 30 heavy (non-hydrogen) atoms. The van der Waals surface area contributed by atoms with Crippen LogP contribution in [-0.2, 0) is 0 Å². The van der Waals surface area contributed by atoms with E-state index in [2.05, 4.69) is 4.98 Å². The van der Waals surface area contributed by atoms with Crippen molar-refractivity contribution in [3.63, 3.8) is 0 Å². The van der Waals surface area contributed by atoms with Gasteiger partial charge in [0, 0.05) is 31.7 Å². The summed E-state index contributed by atoms with van der Waals surface area (Å²) >= 11 is 7.40. The van der Waals surface area contributed by atoms with E-state index in [4.69, 9.17) is 11.6 Å². The molecule has 1 fully saturated rings. The molecule has 0 bridgehead atoms. The SMILES string of the molecule is Cc1nc(-c2ccccc2)sc1C(=O)N1CCN(C(=O)c2ccc(F)cc2Cl)CC1. The molecule has 0 saturated carbocycles. The minimum atomic E-state index is -0.484. The molecule has 0 radical (unpaired) electrons. The third-order valence-corrected chi connectivity index (χ3v) is 6.53. The van der Waals surface area contributed by atoms with Crippen LogP contribution in [0.1, 0.15) is 25.7 Å². The van der Waals surface area contributed by atoms with Crippen LogP contribution in [-0.4, -0.2) is 52.8 Å². The van der Waals surface area contributed by atoms with Gasteiger partial charge in [-0.2, -0.15) is 0 Å². The summed E-state index contributed by atoms with van der Waals surface area (Å²) in [6.45, 7) is 3.46. The lowest BCUT2D eigenvalue weighted by molar-refractivity contribution is 0.0537. The lowest BCUT2D eigenvalue weighted by Crippen LogP contribution is -2.50. The second-order valence-corrected chi connectivity index (χ2v) is 8.41. The Morgan fingerprint density at radius 1 is 1.00 bits per heavy atom. The van der Waals surface area contributed by atoms with Gasteiger partial charge < -0.3 is 9.80 Å². The highest BCUT2D eigenvalue weighted by Crippen LogP contribution is 2.29. The van der Waals surface area contributed by atoms with Crippen LogP contribution in [0, 0.1) is 12.7 Å². The maximum atomic E-state index is 13.2. The quantitative estimate of drug-likeness (QED) is 0.598. The van der Waals surface area contributed by atoms with Gasteiger partial charge in [0.2, 0.25) is 0 Å². The largest absolute Gasteiger partial charge is 0.335 e. The Labute approximate surface area is 182 Å². The molecule has 1 aromatic heterocycles. The molecule has 2 heterocycles. The predicted octanol–water partition coefficient (Wildman–Crippen LogP) is 4.51. The summed E-state index contributed by atoms with van der Waals surface area (Å²) in [5, 5.41) is 0.906. The summed E-state index contributed by atoms with van der Waals surface area (Å²) < 4.78 is 13.2. The van der Waals surface area contributed by atoms with Crippen molar-refractivity contribution in [2.45, 2.75) is 6.92 Å². The highest BCUT2D eigenvalue weighted by Gasteiger charge is 2.28. The molecule has 0 atom stereocenters. The van der Waals surface area contributed by atoms with E-state index in [-0.39, 0.29) is 22.4 Å². The highest BCUT2D eigenvalue weighted by molar-refractivity contribution is 7.17. The van der Waals surface area contributed by atoms with Gasteiger partial charge in [-0.3, -0.25) is 9.59 Å². The van der Waals surface area contributed by atoms with Gasteiger partial charge in [0.1, 0.15) is 15.7 Å². The van der Waals surface area contributed by atoms with Crippen LogP contribution in [0.2, 0.25) is 5.02 Å². The van der Waals surface area contributed by atoms with E-state index < -0.39 is 5.82 Å². The fraction of sp³-hybridized carbons (Fsp3) is 0.227. The summed E-state index contributed by atoms with van der Waals surface area (Å²) in [7, 11) is 0. The fourth-order valence-corrected chi connectivity index (χ4v) is 4.68. The van der Waals surface area contributed by atoms with Crippen LogP contribution in [0.25, 0.3) is 10.6 Å². The summed E-state index contributed by atoms with van der Waals surface area (Å²) in [6.07, 6.45) is 0. The smallest absolute Gasteiger partial charge is 0.265 e. The van der Waals surface area contributed by atoms with Gasteiger partial charge in [0.15, 0.2) is 0 Å². The van der Waals surface area contributed by atoms with Gasteiger partial charge in [-0.15, -0.1) is 11.3 Å².